The third-order valence-electron chi connectivity index (χ3n) is 3.90. The summed E-state index contributed by atoms with van der Waals surface area (Å²) >= 11 is 1.71. The van der Waals surface area contributed by atoms with Crippen molar-refractivity contribution < 1.29 is 4.79 Å². The van der Waals surface area contributed by atoms with Crippen molar-refractivity contribution in [2.24, 2.45) is 17.6 Å². The number of thiophene rings is 1. The predicted octanol–water partition coefficient (Wildman–Crippen LogP) is 2.47. The van der Waals surface area contributed by atoms with Crippen LogP contribution in [0.2, 0.25) is 0 Å². The molecule has 0 aliphatic heterocycles. The summed E-state index contributed by atoms with van der Waals surface area (Å²) in [5.74, 6) is 0.864. The van der Waals surface area contributed by atoms with Gasteiger partial charge in [-0.15, -0.1) is 11.3 Å². The van der Waals surface area contributed by atoms with Gasteiger partial charge in [-0.25, -0.2) is 0 Å². The van der Waals surface area contributed by atoms with Crippen molar-refractivity contribution in [1.82, 2.24) is 4.90 Å². The molecule has 0 spiro atoms. The molecule has 4 heteroatoms. The molecule has 18 heavy (non-hydrogen) atoms. The van der Waals surface area contributed by atoms with Gasteiger partial charge in [0, 0.05) is 17.3 Å². The van der Waals surface area contributed by atoms with Crippen LogP contribution >= 0.6 is 11.3 Å². The van der Waals surface area contributed by atoms with E-state index in [4.69, 9.17) is 5.73 Å². The molecule has 1 fully saturated rings. The Bertz CT molecular complexity index is 377. The van der Waals surface area contributed by atoms with E-state index in [0.29, 0.717) is 18.4 Å². The summed E-state index contributed by atoms with van der Waals surface area (Å²) in [5.41, 5.74) is 5.77. The Morgan fingerprint density at radius 1 is 1.56 bits per heavy atom. The zero-order valence-corrected chi connectivity index (χ0v) is 11.8. The molecule has 3 nitrogen and oxygen atoms in total. The highest BCUT2D eigenvalue weighted by atomic mass is 32.1. The van der Waals surface area contributed by atoms with Crippen LogP contribution in [0.3, 0.4) is 0 Å². The van der Waals surface area contributed by atoms with Crippen molar-refractivity contribution in [2.45, 2.75) is 32.7 Å². The highest BCUT2D eigenvalue weighted by molar-refractivity contribution is 7.09. The second-order valence-corrected chi connectivity index (χ2v) is 6.00. The van der Waals surface area contributed by atoms with Crippen LogP contribution in [0.4, 0.5) is 0 Å². The van der Waals surface area contributed by atoms with Crippen molar-refractivity contribution in [2.75, 3.05) is 13.1 Å². The topological polar surface area (TPSA) is 46.3 Å². The molecule has 1 amide bonds. The normalized spacial score (nSPS) is 23.2. The summed E-state index contributed by atoms with van der Waals surface area (Å²) in [5, 5.41) is 2.06. The molecular weight excluding hydrogens is 244 g/mol. The standard InChI is InChI=1S/C14H22N2OS/c1-2-16(10-12-6-4-8-18-12)14(17)13-7-3-5-11(13)9-15/h4,6,8,11,13H,2-3,5,7,9-10,15H2,1H3. The van der Waals surface area contributed by atoms with Gasteiger partial charge in [0.25, 0.3) is 0 Å². The van der Waals surface area contributed by atoms with E-state index in [-0.39, 0.29) is 5.92 Å². The van der Waals surface area contributed by atoms with Gasteiger partial charge < -0.3 is 10.6 Å². The van der Waals surface area contributed by atoms with Crippen LogP contribution in [-0.4, -0.2) is 23.9 Å². The maximum absolute atomic E-state index is 12.5. The van der Waals surface area contributed by atoms with Crippen LogP contribution in [0.5, 0.6) is 0 Å². The lowest BCUT2D eigenvalue weighted by Gasteiger charge is -2.26. The third-order valence-corrected chi connectivity index (χ3v) is 4.76. The van der Waals surface area contributed by atoms with Gasteiger partial charge in [0.15, 0.2) is 0 Å². The largest absolute Gasteiger partial charge is 0.338 e. The molecule has 1 aromatic rings. The number of nitrogens with zero attached hydrogens (tertiary/aromatic N) is 1. The minimum atomic E-state index is 0.162. The van der Waals surface area contributed by atoms with Crippen LogP contribution in [0.1, 0.15) is 31.1 Å². The maximum atomic E-state index is 12.5. The van der Waals surface area contributed by atoms with Crippen LogP contribution in [0, 0.1) is 11.8 Å². The van der Waals surface area contributed by atoms with Gasteiger partial charge in [-0.2, -0.15) is 0 Å². The van der Waals surface area contributed by atoms with Crippen LogP contribution in [-0.2, 0) is 11.3 Å². The lowest BCUT2D eigenvalue weighted by atomic mass is 9.94. The fourth-order valence-electron chi connectivity index (χ4n) is 2.81. The maximum Gasteiger partial charge on any atom is 0.226 e. The third kappa shape index (κ3) is 2.93. The first-order valence-electron chi connectivity index (χ1n) is 6.77. The van der Waals surface area contributed by atoms with Gasteiger partial charge in [0.1, 0.15) is 0 Å². The lowest BCUT2D eigenvalue weighted by molar-refractivity contribution is -0.137. The van der Waals surface area contributed by atoms with Crippen molar-refractivity contribution in [1.29, 1.82) is 0 Å². The van der Waals surface area contributed by atoms with E-state index in [2.05, 4.69) is 18.4 Å². The van der Waals surface area contributed by atoms with Gasteiger partial charge in [-0.05, 0) is 43.7 Å². The second-order valence-electron chi connectivity index (χ2n) is 4.96. The molecule has 1 aliphatic carbocycles. The Morgan fingerprint density at radius 2 is 2.39 bits per heavy atom. The number of rotatable bonds is 5. The summed E-state index contributed by atoms with van der Waals surface area (Å²) < 4.78 is 0. The SMILES string of the molecule is CCN(Cc1cccs1)C(=O)C1CCCC1CN. The number of amides is 1. The summed E-state index contributed by atoms with van der Waals surface area (Å²) in [7, 11) is 0. The van der Waals surface area contributed by atoms with Gasteiger partial charge in [-0.3, -0.25) is 4.79 Å². The van der Waals surface area contributed by atoms with Crippen LogP contribution in [0.25, 0.3) is 0 Å². The van der Waals surface area contributed by atoms with E-state index in [1.807, 2.05) is 11.0 Å². The number of hydrogen-bond donors (Lipinski definition) is 1. The Hall–Kier alpha value is -0.870. The highest BCUT2D eigenvalue weighted by Gasteiger charge is 2.34. The minimum Gasteiger partial charge on any atom is -0.338 e. The molecule has 1 aromatic heterocycles. The number of carbonyl (C=O) groups is 1. The van der Waals surface area contributed by atoms with Gasteiger partial charge in [-0.1, -0.05) is 12.5 Å². The molecular formula is C14H22N2OS. The summed E-state index contributed by atoms with van der Waals surface area (Å²) in [6, 6.07) is 4.13. The molecule has 1 heterocycles. The van der Waals surface area contributed by atoms with E-state index in [0.717, 1.165) is 32.4 Å². The van der Waals surface area contributed by atoms with E-state index in [1.54, 1.807) is 11.3 Å². The van der Waals surface area contributed by atoms with Crippen LogP contribution in [0.15, 0.2) is 17.5 Å². The molecule has 0 radical (unpaired) electrons. The first kappa shape index (κ1) is 13.6. The van der Waals surface area contributed by atoms with E-state index < -0.39 is 0 Å². The van der Waals surface area contributed by atoms with E-state index in [9.17, 15) is 4.79 Å². The second kappa shape index (κ2) is 6.34. The smallest absolute Gasteiger partial charge is 0.226 e. The molecule has 0 aromatic carbocycles. The fourth-order valence-corrected chi connectivity index (χ4v) is 3.53. The van der Waals surface area contributed by atoms with Gasteiger partial charge in [0.05, 0.1) is 6.54 Å². The number of hydrogen-bond acceptors (Lipinski definition) is 3. The van der Waals surface area contributed by atoms with E-state index >= 15 is 0 Å². The molecule has 0 saturated heterocycles. The van der Waals surface area contributed by atoms with Gasteiger partial charge in [0.2, 0.25) is 5.91 Å². The minimum absolute atomic E-state index is 0.162. The van der Waals surface area contributed by atoms with Crippen molar-refractivity contribution in [3.63, 3.8) is 0 Å². The Balaban J connectivity index is 2.01. The summed E-state index contributed by atoms with van der Waals surface area (Å²) in [6.07, 6.45) is 3.28. The molecule has 2 N–H and O–H groups in total. The van der Waals surface area contributed by atoms with Crippen molar-refractivity contribution in [3.8, 4) is 0 Å². The molecule has 0 bridgehead atoms. The zero-order chi connectivity index (χ0) is 13.0. The van der Waals surface area contributed by atoms with Crippen LogP contribution < -0.4 is 5.73 Å². The Kier molecular flexibility index (Phi) is 4.78. The molecule has 2 rings (SSSR count). The Morgan fingerprint density at radius 3 is 3.00 bits per heavy atom. The quantitative estimate of drug-likeness (QED) is 0.890. The molecule has 1 aliphatic rings. The molecule has 2 atom stereocenters. The monoisotopic (exact) mass is 266 g/mol. The first-order chi connectivity index (χ1) is 8.76. The number of carbonyl (C=O) groups excluding carboxylic acids is 1. The average molecular weight is 266 g/mol. The van der Waals surface area contributed by atoms with Crippen molar-refractivity contribution >= 4 is 17.2 Å². The fraction of sp³-hybridized carbons (Fsp3) is 0.643. The summed E-state index contributed by atoms with van der Waals surface area (Å²) in [6.45, 7) is 4.23. The predicted molar refractivity (Wildman–Crippen MR) is 75.3 cm³/mol. The van der Waals surface area contributed by atoms with Gasteiger partial charge >= 0.3 is 0 Å². The Labute approximate surface area is 113 Å². The molecule has 100 valence electrons. The first-order valence-corrected chi connectivity index (χ1v) is 7.65. The average Bonchev–Trinajstić information content (AvgIpc) is 3.05. The lowest BCUT2D eigenvalue weighted by Crippen LogP contribution is -2.38. The zero-order valence-electron chi connectivity index (χ0n) is 11.0. The molecule has 1 saturated carbocycles. The highest BCUT2D eigenvalue weighted by Crippen LogP contribution is 2.32. The van der Waals surface area contributed by atoms with Crippen molar-refractivity contribution in [3.05, 3.63) is 22.4 Å². The van der Waals surface area contributed by atoms with E-state index in [1.165, 1.54) is 4.88 Å². The number of nitrogens with two attached hydrogens (primary N) is 1. The molecule has 2 unspecified atom stereocenters. The summed E-state index contributed by atoms with van der Waals surface area (Å²) in [4.78, 5) is 15.8.